The molecule has 3 rings (SSSR count). The van der Waals surface area contributed by atoms with Crippen LogP contribution in [0.25, 0.3) is 0 Å². The maximum Gasteiger partial charge on any atom is 0.416 e. The van der Waals surface area contributed by atoms with Crippen molar-refractivity contribution in [3.8, 4) is 5.75 Å². The number of aromatic nitrogens is 2. The van der Waals surface area contributed by atoms with Gasteiger partial charge < -0.3 is 4.74 Å². The van der Waals surface area contributed by atoms with Gasteiger partial charge in [-0.15, -0.1) is 0 Å². The molecule has 0 radical (unpaired) electrons. The summed E-state index contributed by atoms with van der Waals surface area (Å²) in [5.74, 6) is -0.508. The minimum absolute atomic E-state index is 0.144. The number of nitrogens with zero attached hydrogens (tertiary/aromatic N) is 2. The van der Waals surface area contributed by atoms with Gasteiger partial charge >= 0.3 is 12.1 Å². The summed E-state index contributed by atoms with van der Waals surface area (Å²) in [5, 5.41) is 4.50. The second kappa shape index (κ2) is 5.89. The Balaban J connectivity index is 1.89. The highest BCUT2D eigenvalue weighted by molar-refractivity contribution is 5.89. The number of hydrogen-bond donors (Lipinski definition) is 0. The molecule has 1 aromatic heterocycles. The van der Waals surface area contributed by atoms with Gasteiger partial charge in [0.2, 0.25) is 0 Å². The van der Waals surface area contributed by atoms with Crippen LogP contribution in [0.2, 0.25) is 0 Å². The maximum absolute atomic E-state index is 12.8. The normalized spacial score (nSPS) is 15.3. The summed E-state index contributed by atoms with van der Waals surface area (Å²) in [6.45, 7) is 5.70. The zero-order valence-corrected chi connectivity index (χ0v) is 14.2. The van der Waals surface area contributed by atoms with Crippen molar-refractivity contribution in [3.05, 3.63) is 47.3 Å². The minimum Gasteiger partial charge on any atom is -0.422 e. The number of hydrogen-bond acceptors (Lipinski definition) is 3. The molecule has 0 saturated heterocycles. The molecule has 7 heteroatoms. The lowest BCUT2D eigenvalue weighted by Crippen LogP contribution is -2.28. The van der Waals surface area contributed by atoms with Crippen LogP contribution in [0.1, 0.15) is 61.3 Å². The van der Waals surface area contributed by atoms with E-state index in [1.165, 1.54) is 12.1 Å². The van der Waals surface area contributed by atoms with E-state index in [9.17, 15) is 18.0 Å². The summed E-state index contributed by atoms with van der Waals surface area (Å²) >= 11 is 0. The Hall–Kier alpha value is -2.31. The van der Waals surface area contributed by atoms with Crippen molar-refractivity contribution in [2.45, 2.75) is 51.2 Å². The van der Waals surface area contributed by atoms with Crippen molar-refractivity contribution in [1.82, 2.24) is 9.78 Å². The molecule has 1 saturated carbocycles. The Labute approximate surface area is 143 Å². The number of esters is 1. The van der Waals surface area contributed by atoms with Gasteiger partial charge in [0.05, 0.1) is 16.8 Å². The Morgan fingerprint density at radius 1 is 1.20 bits per heavy atom. The highest BCUT2D eigenvalue weighted by Crippen LogP contribution is 2.40. The van der Waals surface area contributed by atoms with Gasteiger partial charge in [-0.1, -0.05) is 6.07 Å². The number of carbonyl (C=O) groups excluding carboxylic acids is 1. The molecule has 0 aliphatic heterocycles. The number of ether oxygens (including phenoxy) is 1. The fourth-order valence-corrected chi connectivity index (χ4v) is 2.53. The van der Waals surface area contributed by atoms with E-state index >= 15 is 0 Å². The molecule has 1 fully saturated rings. The van der Waals surface area contributed by atoms with E-state index in [1.54, 1.807) is 10.7 Å². The molecule has 0 amide bonds. The third-order valence-corrected chi connectivity index (χ3v) is 3.94. The van der Waals surface area contributed by atoms with Gasteiger partial charge in [-0.2, -0.15) is 18.3 Å². The molecule has 1 aromatic carbocycles. The smallest absolute Gasteiger partial charge is 0.416 e. The molecule has 0 unspecified atom stereocenters. The van der Waals surface area contributed by atoms with E-state index in [-0.39, 0.29) is 11.4 Å². The zero-order valence-electron chi connectivity index (χ0n) is 14.2. The highest BCUT2D eigenvalue weighted by Gasteiger charge is 2.33. The number of carbonyl (C=O) groups is 1. The van der Waals surface area contributed by atoms with Crippen molar-refractivity contribution >= 4 is 5.97 Å². The lowest BCUT2D eigenvalue weighted by atomic mass is 10.1. The first kappa shape index (κ1) is 17.5. The van der Waals surface area contributed by atoms with Crippen molar-refractivity contribution in [1.29, 1.82) is 0 Å². The molecule has 1 heterocycles. The van der Waals surface area contributed by atoms with Crippen LogP contribution in [0.5, 0.6) is 5.75 Å². The van der Waals surface area contributed by atoms with Crippen LogP contribution in [0.4, 0.5) is 13.2 Å². The molecule has 1 aliphatic carbocycles. The highest BCUT2D eigenvalue weighted by atomic mass is 19.4. The van der Waals surface area contributed by atoms with E-state index in [1.807, 2.05) is 20.8 Å². The molecule has 134 valence electrons. The second-order valence-corrected chi connectivity index (χ2v) is 7.23. The largest absolute Gasteiger partial charge is 0.422 e. The molecular formula is C18H19F3N2O2. The monoisotopic (exact) mass is 352 g/mol. The van der Waals surface area contributed by atoms with Gasteiger partial charge in [0.15, 0.2) is 0 Å². The average molecular weight is 352 g/mol. The van der Waals surface area contributed by atoms with Crippen LogP contribution in [-0.2, 0) is 11.7 Å². The van der Waals surface area contributed by atoms with Crippen LogP contribution in [-0.4, -0.2) is 15.7 Å². The summed E-state index contributed by atoms with van der Waals surface area (Å²) in [4.78, 5) is 12.5. The molecule has 2 aromatic rings. The third kappa shape index (κ3) is 3.86. The molecule has 25 heavy (non-hydrogen) atoms. The quantitative estimate of drug-likeness (QED) is 0.591. The van der Waals surface area contributed by atoms with Crippen molar-refractivity contribution in [2.75, 3.05) is 0 Å². The average Bonchev–Trinajstić information content (AvgIpc) is 3.23. The Kier molecular flexibility index (Phi) is 4.13. The van der Waals surface area contributed by atoms with E-state index in [4.69, 9.17) is 4.74 Å². The maximum atomic E-state index is 12.8. The molecule has 0 atom stereocenters. The summed E-state index contributed by atoms with van der Waals surface area (Å²) in [6, 6.07) is 5.97. The number of halogens is 3. The Morgan fingerprint density at radius 3 is 2.44 bits per heavy atom. The fourth-order valence-electron chi connectivity index (χ4n) is 2.53. The summed E-state index contributed by atoms with van der Waals surface area (Å²) < 4.78 is 45.1. The van der Waals surface area contributed by atoms with Crippen LogP contribution in [0.15, 0.2) is 30.3 Å². The lowest BCUT2D eigenvalue weighted by molar-refractivity contribution is -0.137. The minimum atomic E-state index is -4.49. The fraction of sp³-hybridized carbons (Fsp3) is 0.444. The number of rotatable bonds is 3. The van der Waals surface area contributed by atoms with Crippen molar-refractivity contribution in [2.24, 2.45) is 0 Å². The van der Waals surface area contributed by atoms with E-state index in [0.717, 1.165) is 30.7 Å². The van der Waals surface area contributed by atoms with E-state index < -0.39 is 23.2 Å². The predicted octanol–water partition coefficient (Wildman–Crippen LogP) is 4.75. The predicted molar refractivity (Wildman–Crippen MR) is 85.6 cm³/mol. The van der Waals surface area contributed by atoms with Crippen LogP contribution < -0.4 is 4.74 Å². The number of alkyl halides is 3. The first-order valence-corrected chi connectivity index (χ1v) is 8.05. The van der Waals surface area contributed by atoms with E-state index in [0.29, 0.717) is 5.92 Å². The summed E-state index contributed by atoms with van der Waals surface area (Å²) in [6.07, 6.45) is -2.43. The molecule has 4 nitrogen and oxygen atoms in total. The lowest BCUT2D eigenvalue weighted by Gasteiger charge is -2.21. The zero-order chi connectivity index (χ0) is 18.4. The summed E-state index contributed by atoms with van der Waals surface area (Å²) in [5.41, 5.74) is -0.242. The van der Waals surface area contributed by atoms with Crippen LogP contribution >= 0.6 is 0 Å². The van der Waals surface area contributed by atoms with Gasteiger partial charge in [-0.3, -0.25) is 4.68 Å². The first-order valence-electron chi connectivity index (χ1n) is 8.05. The Morgan fingerprint density at radius 2 is 1.88 bits per heavy atom. The van der Waals surface area contributed by atoms with Crippen LogP contribution in [0.3, 0.4) is 0 Å². The third-order valence-electron chi connectivity index (χ3n) is 3.94. The van der Waals surface area contributed by atoms with Gasteiger partial charge in [0.25, 0.3) is 0 Å². The molecule has 1 aliphatic rings. The van der Waals surface area contributed by atoms with E-state index in [2.05, 4.69) is 5.10 Å². The van der Waals surface area contributed by atoms with Gasteiger partial charge in [-0.05, 0) is 57.9 Å². The molecule has 0 bridgehead atoms. The van der Waals surface area contributed by atoms with Gasteiger partial charge in [-0.25, -0.2) is 4.79 Å². The van der Waals surface area contributed by atoms with Crippen molar-refractivity contribution < 1.29 is 22.7 Å². The molecule has 0 N–H and O–H groups in total. The van der Waals surface area contributed by atoms with Gasteiger partial charge in [0.1, 0.15) is 11.4 Å². The standard InChI is InChI=1S/C18H19F3N2O2/c1-17(2,3)23-15(10-14(22-23)11-7-8-11)16(24)25-13-6-4-5-12(9-13)18(19,20)21/h4-6,9-11H,7-8H2,1-3H3. The second-order valence-electron chi connectivity index (χ2n) is 7.23. The molecular weight excluding hydrogens is 333 g/mol. The topological polar surface area (TPSA) is 44.1 Å². The van der Waals surface area contributed by atoms with Crippen LogP contribution in [0, 0.1) is 0 Å². The molecule has 0 spiro atoms. The SMILES string of the molecule is CC(C)(C)n1nc(C2CC2)cc1C(=O)Oc1cccc(C(F)(F)F)c1. The summed E-state index contributed by atoms with van der Waals surface area (Å²) in [7, 11) is 0. The number of benzene rings is 1. The van der Waals surface area contributed by atoms with Gasteiger partial charge in [0, 0.05) is 5.92 Å². The van der Waals surface area contributed by atoms with Crippen molar-refractivity contribution in [3.63, 3.8) is 0 Å². The Bertz CT molecular complexity index is 799. The first-order chi connectivity index (χ1) is 11.6.